The number of para-hydroxylation sites is 2. The number of hydrogen-bond acceptors (Lipinski definition) is 2. The molecule has 0 aliphatic carbocycles. The molecule has 17 heavy (non-hydrogen) atoms. The molecule has 0 unspecified atom stereocenters. The fraction of sp³-hybridized carbons (Fsp3) is 0.385. The smallest absolute Gasteiger partial charge is 0.227 e. The Labute approximate surface area is 100 Å². The molecule has 0 saturated carbocycles. The highest BCUT2D eigenvalue weighted by Crippen LogP contribution is 2.10. The summed E-state index contributed by atoms with van der Waals surface area (Å²) in [6.45, 7) is 2.85. The van der Waals surface area contributed by atoms with E-state index in [1.54, 1.807) is 0 Å². The third kappa shape index (κ3) is 3.06. The molecule has 2 N–H and O–H groups in total. The number of H-pyrrole nitrogens is 1. The van der Waals surface area contributed by atoms with E-state index >= 15 is 0 Å². The number of benzene rings is 1. The lowest BCUT2D eigenvalue weighted by Crippen LogP contribution is -2.26. The number of carbonyl (C=O) groups excluding carboxylic acids is 1. The van der Waals surface area contributed by atoms with Crippen LogP contribution < -0.4 is 5.32 Å². The standard InChI is InChI=1S/C13H17N3O/c1-2-3-8-14-13(17)9-12-15-10-6-4-5-7-11(10)16-12/h4-7H,2-3,8-9H2,1H3,(H,14,17)(H,15,16). The van der Waals surface area contributed by atoms with E-state index in [9.17, 15) is 4.79 Å². The fourth-order valence-electron chi connectivity index (χ4n) is 1.71. The van der Waals surface area contributed by atoms with Gasteiger partial charge in [0.05, 0.1) is 17.5 Å². The minimum Gasteiger partial charge on any atom is -0.356 e. The molecule has 0 fully saturated rings. The molecule has 1 heterocycles. The molecule has 0 atom stereocenters. The number of rotatable bonds is 5. The molecule has 0 spiro atoms. The second kappa shape index (κ2) is 5.48. The van der Waals surface area contributed by atoms with Gasteiger partial charge in [0.25, 0.3) is 0 Å². The number of aromatic nitrogens is 2. The topological polar surface area (TPSA) is 57.8 Å². The Kier molecular flexibility index (Phi) is 3.75. The minimum absolute atomic E-state index is 0.0255. The maximum absolute atomic E-state index is 11.6. The number of imidazole rings is 1. The maximum Gasteiger partial charge on any atom is 0.227 e. The Morgan fingerprint density at radius 1 is 1.41 bits per heavy atom. The first-order chi connectivity index (χ1) is 8.29. The van der Waals surface area contributed by atoms with Gasteiger partial charge in [-0.1, -0.05) is 25.5 Å². The van der Waals surface area contributed by atoms with Crippen LogP contribution in [-0.4, -0.2) is 22.4 Å². The van der Waals surface area contributed by atoms with Gasteiger partial charge in [0.15, 0.2) is 0 Å². The van der Waals surface area contributed by atoms with Crippen LogP contribution >= 0.6 is 0 Å². The van der Waals surface area contributed by atoms with E-state index in [0.717, 1.165) is 36.2 Å². The Morgan fingerprint density at radius 3 is 3.00 bits per heavy atom. The van der Waals surface area contributed by atoms with Crippen molar-refractivity contribution in [3.8, 4) is 0 Å². The van der Waals surface area contributed by atoms with Gasteiger partial charge in [-0.05, 0) is 18.6 Å². The van der Waals surface area contributed by atoms with Crippen LogP contribution in [0.1, 0.15) is 25.6 Å². The first-order valence-corrected chi connectivity index (χ1v) is 6.00. The van der Waals surface area contributed by atoms with Crippen LogP contribution in [0, 0.1) is 0 Å². The quantitative estimate of drug-likeness (QED) is 0.773. The molecule has 1 amide bonds. The van der Waals surface area contributed by atoms with Crippen LogP contribution in [0.5, 0.6) is 0 Å². The van der Waals surface area contributed by atoms with E-state index in [2.05, 4.69) is 22.2 Å². The molecule has 1 aromatic heterocycles. The second-order valence-electron chi connectivity index (χ2n) is 4.08. The summed E-state index contributed by atoms with van der Waals surface area (Å²) in [7, 11) is 0. The van der Waals surface area contributed by atoms with Gasteiger partial charge in [-0.2, -0.15) is 0 Å². The molecule has 2 aromatic rings. The molecular formula is C13H17N3O. The number of carbonyl (C=O) groups is 1. The van der Waals surface area contributed by atoms with Crippen molar-refractivity contribution in [2.45, 2.75) is 26.2 Å². The van der Waals surface area contributed by atoms with Gasteiger partial charge in [-0.25, -0.2) is 4.98 Å². The first kappa shape index (κ1) is 11.6. The SMILES string of the molecule is CCCCNC(=O)Cc1nc2ccccc2[nH]1. The number of unbranched alkanes of at least 4 members (excludes halogenated alkanes) is 1. The maximum atomic E-state index is 11.6. The highest BCUT2D eigenvalue weighted by Gasteiger charge is 2.06. The number of nitrogens with zero attached hydrogens (tertiary/aromatic N) is 1. The van der Waals surface area contributed by atoms with Gasteiger partial charge in [0.1, 0.15) is 5.82 Å². The molecular weight excluding hydrogens is 214 g/mol. The summed E-state index contributed by atoms with van der Waals surface area (Å²) in [6, 6.07) is 7.78. The van der Waals surface area contributed by atoms with Crippen molar-refractivity contribution in [2.24, 2.45) is 0 Å². The zero-order chi connectivity index (χ0) is 12.1. The second-order valence-corrected chi connectivity index (χ2v) is 4.08. The number of aromatic amines is 1. The average molecular weight is 231 g/mol. The lowest BCUT2D eigenvalue weighted by molar-refractivity contribution is -0.120. The third-order valence-corrected chi connectivity index (χ3v) is 2.62. The Hall–Kier alpha value is -1.84. The van der Waals surface area contributed by atoms with Gasteiger partial charge in [0, 0.05) is 6.54 Å². The molecule has 90 valence electrons. The van der Waals surface area contributed by atoms with E-state index in [0.29, 0.717) is 6.42 Å². The summed E-state index contributed by atoms with van der Waals surface area (Å²) in [5.74, 6) is 0.748. The predicted octanol–water partition coefficient (Wildman–Crippen LogP) is 2.02. The van der Waals surface area contributed by atoms with Crippen molar-refractivity contribution >= 4 is 16.9 Å². The van der Waals surface area contributed by atoms with Crippen LogP contribution in [0.15, 0.2) is 24.3 Å². The summed E-state index contributed by atoms with van der Waals surface area (Å²) < 4.78 is 0. The summed E-state index contributed by atoms with van der Waals surface area (Å²) in [5, 5.41) is 2.88. The van der Waals surface area contributed by atoms with Gasteiger partial charge in [-0.3, -0.25) is 4.79 Å². The Balaban J connectivity index is 1.96. The third-order valence-electron chi connectivity index (χ3n) is 2.62. The van der Waals surface area contributed by atoms with Crippen molar-refractivity contribution in [1.29, 1.82) is 0 Å². The normalized spacial score (nSPS) is 10.6. The molecule has 0 aliphatic rings. The van der Waals surface area contributed by atoms with E-state index in [1.165, 1.54) is 0 Å². The van der Waals surface area contributed by atoms with Gasteiger partial charge in [-0.15, -0.1) is 0 Å². The minimum atomic E-state index is 0.0255. The average Bonchev–Trinajstić information content (AvgIpc) is 2.71. The number of fused-ring (bicyclic) bond motifs is 1. The molecule has 4 nitrogen and oxygen atoms in total. The van der Waals surface area contributed by atoms with E-state index in [4.69, 9.17) is 0 Å². The number of hydrogen-bond donors (Lipinski definition) is 2. The highest BCUT2D eigenvalue weighted by atomic mass is 16.1. The monoisotopic (exact) mass is 231 g/mol. The summed E-state index contributed by atoms with van der Waals surface area (Å²) in [4.78, 5) is 19.1. The molecule has 0 saturated heterocycles. The van der Waals surface area contributed by atoms with Crippen LogP contribution in [0.3, 0.4) is 0 Å². The van der Waals surface area contributed by atoms with Crippen molar-refractivity contribution in [1.82, 2.24) is 15.3 Å². The first-order valence-electron chi connectivity index (χ1n) is 6.00. The van der Waals surface area contributed by atoms with E-state index in [1.807, 2.05) is 24.3 Å². The van der Waals surface area contributed by atoms with Gasteiger partial charge < -0.3 is 10.3 Å². The Bertz CT molecular complexity index is 471. The zero-order valence-corrected chi connectivity index (χ0v) is 9.99. The largest absolute Gasteiger partial charge is 0.356 e. The van der Waals surface area contributed by atoms with Crippen LogP contribution in [-0.2, 0) is 11.2 Å². The predicted molar refractivity (Wildman–Crippen MR) is 67.7 cm³/mol. The van der Waals surface area contributed by atoms with Gasteiger partial charge >= 0.3 is 0 Å². The number of amides is 1. The molecule has 2 rings (SSSR count). The molecule has 0 aliphatic heterocycles. The highest BCUT2D eigenvalue weighted by molar-refractivity contribution is 5.80. The van der Waals surface area contributed by atoms with Crippen LogP contribution in [0.4, 0.5) is 0 Å². The molecule has 0 bridgehead atoms. The fourth-order valence-corrected chi connectivity index (χ4v) is 1.71. The summed E-state index contributed by atoms with van der Waals surface area (Å²) in [6.07, 6.45) is 2.43. The van der Waals surface area contributed by atoms with Gasteiger partial charge in [0.2, 0.25) is 5.91 Å². The molecule has 1 aromatic carbocycles. The van der Waals surface area contributed by atoms with E-state index in [-0.39, 0.29) is 5.91 Å². The lowest BCUT2D eigenvalue weighted by atomic mass is 10.3. The zero-order valence-electron chi connectivity index (χ0n) is 9.99. The van der Waals surface area contributed by atoms with E-state index < -0.39 is 0 Å². The summed E-state index contributed by atoms with van der Waals surface area (Å²) >= 11 is 0. The van der Waals surface area contributed by atoms with Crippen molar-refractivity contribution in [3.63, 3.8) is 0 Å². The van der Waals surface area contributed by atoms with Crippen molar-refractivity contribution in [2.75, 3.05) is 6.54 Å². The lowest BCUT2D eigenvalue weighted by Gasteiger charge is -2.01. The summed E-state index contributed by atoms with van der Waals surface area (Å²) in [5.41, 5.74) is 1.88. The number of nitrogens with one attached hydrogen (secondary N) is 2. The molecule has 0 radical (unpaired) electrons. The van der Waals surface area contributed by atoms with Crippen LogP contribution in [0.2, 0.25) is 0 Å². The molecule has 4 heteroatoms. The van der Waals surface area contributed by atoms with Crippen LogP contribution in [0.25, 0.3) is 11.0 Å². The van der Waals surface area contributed by atoms with Crippen molar-refractivity contribution in [3.05, 3.63) is 30.1 Å². The Morgan fingerprint density at radius 2 is 2.24 bits per heavy atom. The van der Waals surface area contributed by atoms with Crippen molar-refractivity contribution < 1.29 is 4.79 Å².